The number of para-hydroxylation sites is 1. The van der Waals surface area contributed by atoms with E-state index in [0.29, 0.717) is 16.8 Å². The van der Waals surface area contributed by atoms with Gasteiger partial charge in [-0.05, 0) is 60.9 Å². The summed E-state index contributed by atoms with van der Waals surface area (Å²) < 4.78 is 74.8. The van der Waals surface area contributed by atoms with Crippen molar-refractivity contribution in [3.8, 4) is 5.75 Å². The molecule has 1 aromatic heterocycles. The number of nitrogens with two attached hydrogens (primary N) is 2. The fourth-order valence-electron chi connectivity index (χ4n) is 4.81. The van der Waals surface area contributed by atoms with Gasteiger partial charge in [-0.15, -0.1) is 0 Å². The first-order valence-electron chi connectivity index (χ1n) is 13.6. The maximum Gasteiger partial charge on any atom is 0.279 e. The number of hydrogen-bond acceptors (Lipinski definition) is 9. The number of nitrogens with one attached hydrogen (secondary N) is 2. The van der Waals surface area contributed by atoms with Crippen molar-refractivity contribution in [1.29, 1.82) is 0 Å². The second-order valence-electron chi connectivity index (χ2n) is 10.3. The van der Waals surface area contributed by atoms with E-state index in [1.54, 1.807) is 26.0 Å². The Kier molecular flexibility index (Phi) is 8.64. The van der Waals surface area contributed by atoms with Gasteiger partial charge < -0.3 is 21.5 Å². The number of aliphatic imine (C=N–C) groups is 2. The molecule has 1 aliphatic carbocycles. The van der Waals surface area contributed by atoms with Crippen LogP contribution in [0.15, 0.2) is 110 Å². The van der Waals surface area contributed by atoms with Crippen LogP contribution in [0.3, 0.4) is 0 Å². The molecule has 3 heterocycles. The monoisotopic (exact) mass is 639 g/mol. The number of rotatable bonds is 8. The summed E-state index contributed by atoms with van der Waals surface area (Å²) in [6.07, 6.45) is 6.02. The number of ketones is 1. The Hall–Kier alpha value is -5.18. The maximum absolute atomic E-state index is 14.0. The molecule has 0 amide bonds. The maximum atomic E-state index is 14.0. The molecule has 2 unspecified atom stereocenters. The van der Waals surface area contributed by atoms with Crippen LogP contribution < -0.4 is 26.2 Å². The molecule has 15 heteroatoms. The van der Waals surface area contributed by atoms with Crippen molar-refractivity contribution in [2.24, 2.45) is 21.5 Å². The fraction of sp³-hybridized carbons (Fsp3) is 0.200. The summed E-state index contributed by atoms with van der Waals surface area (Å²) in [7, 11) is -4.16. The van der Waals surface area contributed by atoms with Crippen LogP contribution >= 0.6 is 0 Å². The highest BCUT2D eigenvalue weighted by Crippen LogP contribution is 2.31. The Morgan fingerprint density at radius 2 is 1.82 bits per heavy atom. The average Bonchev–Trinajstić information content (AvgIpc) is 3.39. The van der Waals surface area contributed by atoms with Crippen LogP contribution in [0.2, 0.25) is 0 Å². The number of allylic oxidation sites excluding steroid dienone is 3. The zero-order chi connectivity index (χ0) is 32.5. The second kappa shape index (κ2) is 12.4. The number of fused-ring (bicyclic) bond motifs is 1. The van der Waals surface area contributed by atoms with E-state index in [1.807, 2.05) is 0 Å². The van der Waals surface area contributed by atoms with Crippen LogP contribution in [0.4, 0.5) is 13.2 Å². The van der Waals surface area contributed by atoms with Gasteiger partial charge in [0.2, 0.25) is 23.4 Å². The first kappa shape index (κ1) is 31.3. The van der Waals surface area contributed by atoms with Gasteiger partial charge >= 0.3 is 0 Å². The molecule has 2 aromatic rings. The van der Waals surface area contributed by atoms with Gasteiger partial charge in [-0.1, -0.05) is 18.2 Å². The molecular formula is C30H28F3N7O4S. The van der Waals surface area contributed by atoms with Crippen molar-refractivity contribution in [2.75, 3.05) is 6.54 Å². The molecule has 0 bridgehead atoms. The third kappa shape index (κ3) is 6.67. The van der Waals surface area contributed by atoms with Crippen molar-refractivity contribution in [3.63, 3.8) is 0 Å². The summed E-state index contributed by atoms with van der Waals surface area (Å²) >= 11 is 0. The van der Waals surface area contributed by atoms with E-state index in [-0.39, 0.29) is 36.0 Å². The molecule has 2 atom stereocenters. The average molecular weight is 640 g/mol. The molecule has 0 fully saturated rings. The number of benzene rings is 1. The number of nitrogens with zero attached hydrogens (tertiary/aromatic N) is 3. The molecule has 0 radical (unpaired) electrons. The molecule has 234 valence electrons. The largest absolute Gasteiger partial charge is 0.433 e. The van der Waals surface area contributed by atoms with Crippen molar-refractivity contribution in [3.05, 3.63) is 112 Å². The number of Topliss-reactive ketones (excluding diaryl/α,β-unsaturated/α-hetero) is 1. The Morgan fingerprint density at radius 1 is 1.11 bits per heavy atom. The van der Waals surface area contributed by atoms with E-state index >= 15 is 0 Å². The fourth-order valence-corrected chi connectivity index (χ4v) is 5.94. The predicted molar refractivity (Wildman–Crippen MR) is 161 cm³/mol. The zero-order valence-corrected chi connectivity index (χ0v) is 24.8. The van der Waals surface area contributed by atoms with E-state index in [0.717, 1.165) is 30.0 Å². The summed E-state index contributed by atoms with van der Waals surface area (Å²) in [6.45, 7) is 3.44. The number of aromatic nitrogens is 1. The number of pyridine rings is 1. The Labute approximate surface area is 256 Å². The normalized spacial score (nSPS) is 20.4. The highest BCUT2D eigenvalue weighted by atomic mass is 32.2. The minimum Gasteiger partial charge on any atom is -0.433 e. The second-order valence-corrected chi connectivity index (χ2v) is 12.0. The molecule has 1 aromatic carbocycles. The third-order valence-electron chi connectivity index (χ3n) is 7.18. The summed E-state index contributed by atoms with van der Waals surface area (Å²) in [5, 5.41) is 2.62. The smallest absolute Gasteiger partial charge is 0.279 e. The molecule has 0 spiro atoms. The lowest BCUT2D eigenvalue weighted by Gasteiger charge is -2.24. The van der Waals surface area contributed by atoms with Crippen molar-refractivity contribution >= 4 is 27.5 Å². The zero-order valence-electron chi connectivity index (χ0n) is 24.0. The molecule has 5 rings (SSSR count). The third-order valence-corrected chi connectivity index (χ3v) is 8.48. The molecule has 3 aliphatic rings. The van der Waals surface area contributed by atoms with Crippen LogP contribution in [0.25, 0.3) is 0 Å². The van der Waals surface area contributed by atoms with E-state index in [4.69, 9.17) is 16.2 Å². The molecule has 6 N–H and O–H groups in total. The van der Waals surface area contributed by atoms with Gasteiger partial charge in [-0.25, -0.2) is 18.8 Å². The van der Waals surface area contributed by atoms with Crippen LogP contribution in [0.5, 0.6) is 5.75 Å². The Bertz CT molecular complexity index is 1890. The first-order valence-corrected chi connectivity index (χ1v) is 15.0. The lowest BCUT2D eigenvalue weighted by molar-refractivity contribution is -0.112. The number of hydrogen-bond donors (Lipinski definition) is 4. The minimum atomic E-state index is -4.16. The number of halogens is 3. The summed E-state index contributed by atoms with van der Waals surface area (Å²) in [4.78, 5) is 25.5. The van der Waals surface area contributed by atoms with Crippen LogP contribution in [0.1, 0.15) is 20.3 Å². The Balaban J connectivity index is 1.27. The molecule has 45 heavy (non-hydrogen) atoms. The van der Waals surface area contributed by atoms with Crippen LogP contribution in [-0.4, -0.2) is 49.5 Å². The van der Waals surface area contributed by atoms with Gasteiger partial charge in [-0.2, -0.15) is 12.8 Å². The topological polar surface area (TPSA) is 174 Å². The molecule has 0 saturated heterocycles. The molecule has 0 saturated carbocycles. The van der Waals surface area contributed by atoms with Gasteiger partial charge in [0.25, 0.3) is 10.0 Å². The van der Waals surface area contributed by atoms with E-state index in [9.17, 15) is 26.4 Å². The van der Waals surface area contributed by atoms with Crippen molar-refractivity contribution in [1.82, 2.24) is 15.0 Å². The highest BCUT2D eigenvalue weighted by molar-refractivity contribution is 7.89. The van der Waals surface area contributed by atoms with E-state index in [1.165, 1.54) is 24.3 Å². The predicted octanol–water partition coefficient (Wildman–Crippen LogP) is 2.81. The van der Waals surface area contributed by atoms with Crippen molar-refractivity contribution in [2.45, 2.75) is 37.4 Å². The van der Waals surface area contributed by atoms with Gasteiger partial charge in [0.1, 0.15) is 5.84 Å². The summed E-state index contributed by atoms with van der Waals surface area (Å²) in [5.74, 6) is -3.97. The quantitative estimate of drug-likeness (QED) is 0.148. The molecular weight excluding hydrogens is 611 g/mol. The van der Waals surface area contributed by atoms with Crippen LogP contribution in [0, 0.1) is 17.6 Å². The lowest BCUT2D eigenvalue weighted by Crippen LogP contribution is -2.35. The number of carbonyl (C=O) groups is 1. The number of dihydropyridines is 1. The molecule has 11 nitrogen and oxygen atoms in total. The van der Waals surface area contributed by atoms with Gasteiger partial charge in [-0.3, -0.25) is 14.5 Å². The summed E-state index contributed by atoms with van der Waals surface area (Å²) in [6, 6.07) is 5.77. The standard InChI is InChI=1S/C30H28F3N7O4S/c1-15-9-17-11-23(37-22(17)12-21(15)40-45(42,43)27-8-4-7-25(33)39-27)28(41)18(13-34)30(35)38-24-14-36-26(10-16(24)2)44-29-19(31)5-3-6-20(29)32/h3-11,13,22,24,37,40H,12,14,34H2,1-2H3,(H2,35,38). The number of sulfonamides is 1. The van der Waals surface area contributed by atoms with Crippen molar-refractivity contribution < 1.29 is 31.1 Å². The molecule has 2 aliphatic heterocycles. The Morgan fingerprint density at radius 3 is 2.49 bits per heavy atom. The number of ether oxygens (including phenoxy) is 1. The van der Waals surface area contributed by atoms with E-state index < -0.39 is 56.2 Å². The van der Waals surface area contributed by atoms with Gasteiger partial charge in [0, 0.05) is 24.4 Å². The SMILES string of the molecule is CC1=CC(Oc2c(F)cccc2F)=NCC1N=C(N)C(=CN)C(=O)C1=CC2=CC(C)=C(NS(=O)(=O)c3cccc(F)n3)CC2N1. The highest BCUT2D eigenvalue weighted by Gasteiger charge is 2.32. The number of carbonyl (C=O) groups excluding carboxylic acids is 1. The first-order chi connectivity index (χ1) is 21.4. The summed E-state index contributed by atoms with van der Waals surface area (Å²) in [5.41, 5.74) is 14.4. The minimum absolute atomic E-state index is 0.0128. The van der Waals surface area contributed by atoms with Crippen LogP contribution in [-0.2, 0) is 14.8 Å². The number of amidine groups is 1. The van der Waals surface area contributed by atoms with E-state index in [2.05, 4.69) is 25.0 Å². The van der Waals surface area contributed by atoms with Gasteiger partial charge in [0.15, 0.2) is 16.7 Å². The van der Waals surface area contributed by atoms with Gasteiger partial charge in [0.05, 0.1) is 29.9 Å². The lowest BCUT2D eigenvalue weighted by atomic mass is 9.94.